The van der Waals surface area contributed by atoms with Gasteiger partial charge in [-0.3, -0.25) is 14.3 Å². The Morgan fingerprint density at radius 2 is 1.96 bits per heavy atom. The average Bonchev–Trinajstić information content (AvgIpc) is 2.84. The Morgan fingerprint density at radius 3 is 2.50 bits per heavy atom. The van der Waals surface area contributed by atoms with Crippen LogP contribution in [0.3, 0.4) is 0 Å². The largest absolute Gasteiger partial charge is 0.481 e. The van der Waals surface area contributed by atoms with Gasteiger partial charge in [0.05, 0.1) is 24.2 Å². The monoisotopic (exact) mass is 357 g/mol. The van der Waals surface area contributed by atoms with Crippen molar-refractivity contribution < 1.29 is 14.7 Å². The molecule has 0 aliphatic heterocycles. The Balaban J connectivity index is 2.19. The van der Waals surface area contributed by atoms with Crippen LogP contribution in [0, 0.1) is 19.8 Å². The SMILES string of the molecule is Cc1cc(C)n(Cc2cccc(C(=O)NC(C)(CC(=O)O)C(C)C)c2)n1. The molecule has 26 heavy (non-hydrogen) atoms. The molecule has 1 aromatic heterocycles. The van der Waals surface area contributed by atoms with E-state index in [2.05, 4.69) is 10.4 Å². The lowest BCUT2D eigenvalue weighted by atomic mass is 9.85. The number of nitrogens with zero attached hydrogens (tertiary/aromatic N) is 2. The first kappa shape index (κ1) is 19.7. The zero-order valence-electron chi connectivity index (χ0n) is 16.0. The number of benzene rings is 1. The van der Waals surface area contributed by atoms with Crippen LogP contribution in [0.2, 0.25) is 0 Å². The van der Waals surface area contributed by atoms with Crippen LogP contribution in [-0.4, -0.2) is 32.3 Å². The van der Waals surface area contributed by atoms with Gasteiger partial charge in [-0.2, -0.15) is 5.10 Å². The Morgan fingerprint density at radius 1 is 1.27 bits per heavy atom. The molecule has 6 nitrogen and oxygen atoms in total. The molecule has 2 aromatic rings. The van der Waals surface area contributed by atoms with E-state index in [9.17, 15) is 9.59 Å². The molecular weight excluding hydrogens is 330 g/mol. The third kappa shape index (κ3) is 4.71. The van der Waals surface area contributed by atoms with E-state index in [4.69, 9.17) is 5.11 Å². The minimum Gasteiger partial charge on any atom is -0.481 e. The van der Waals surface area contributed by atoms with Crippen LogP contribution in [0.15, 0.2) is 30.3 Å². The second-order valence-corrected chi connectivity index (χ2v) is 7.38. The molecule has 1 unspecified atom stereocenters. The first-order valence-electron chi connectivity index (χ1n) is 8.75. The lowest BCUT2D eigenvalue weighted by molar-refractivity contribution is -0.138. The molecule has 0 bridgehead atoms. The Labute approximate surface area is 154 Å². The Hall–Kier alpha value is -2.63. The van der Waals surface area contributed by atoms with Crippen LogP contribution >= 0.6 is 0 Å². The van der Waals surface area contributed by atoms with Crippen molar-refractivity contribution in [1.29, 1.82) is 0 Å². The molecule has 1 heterocycles. The van der Waals surface area contributed by atoms with Crippen molar-refractivity contribution in [2.45, 2.75) is 53.1 Å². The summed E-state index contributed by atoms with van der Waals surface area (Å²) in [6.07, 6.45) is -0.123. The van der Waals surface area contributed by atoms with Gasteiger partial charge in [-0.25, -0.2) is 0 Å². The molecule has 0 saturated carbocycles. The number of hydrogen-bond acceptors (Lipinski definition) is 3. The standard InChI is InChI=1S/C20H27N3O3/c1-13(2)20(5,11-18(24)25)21-19(26)17-8-6-7-16(10-17)12-23-15(4)9-14(3)22-23/h6-10,13H,11-12H2,1-5H3,(H,21,26)(H,24,25). The topological polar surface area (TPSA) is 84.2 Å². The van der Waals surface area contributed by atoms with Crippen LogP contribution in [0.25, 0.3) is 0 Å². The number of nitrogens with one attached hydrogen (secondary N) is 1. The smallest absolute Gasteiger partial charge is 0.305 e. The average molecular weight is 357 g/mol. The zero-order valence-corrected chi connectivity index (χ0v) is 16.0. The highest BCUT2D eigenvalue weighted by atomic mass is 16.4. The number of rotatable bonds is 7. The first-order valence-corrected chi connectivity index (χ1v) is 8.75. The molecule has 0 aliphatic carbocycles. The highest BCUT2D eigenvalue weighted by Crippen LogP contribution is 2.22. The normalized spacial score (nSPS) is 13.5. The minimum absolute atomic E-state index is 0.0135. The van der Waals surface area contributed by atoms with Crippen LogP contribution in [0.5, 0.6) is 0 Å². The molecule has 140 valence electrons. The van der Waals surface area contributed by atoms with Crippen molar-refractivity contribution in [3.05, 3.63) is 52.8 Å². The van der Waals surface area contributed by atoms with Gasteiger partial charge in [0.2, 0.25) is 0 Å². The summed E-state index contributed by atoms with van der Waals surface area (Å²) in [4.78, 5) is 23.9. The number of carboxylic acids is 1. The maximum atomic E-state index is 12.7. The summed E-state index contributed by atoms with van der Waals surface area (Å²) < 4.78 is 1.90. The van der Waals surface area contributed by atoms with Crippen LogP contribution in [0.4, 0.5) is 0 Å². The van der Waals surface area contributed by atoms with Crippen molar-refractivity contribution in [2.75, 3.05) is 0 Å². The molecule has 1 aromatic carbocycles. The highest BCUT2D eigenvalue weighted by Gasteiger charge is 2.33. The molecule has 6 heteroatoms. The van der Waals surface area contributed by atoms with Crippen molar-refractivity contribution >= 4 is 11.9 Å². The number of carbonyl (C=O) groups excluding carboxylic acids is 1. The molecule has 2 rings (SSSR count). The zero-order chi connectivity index (χ0) is 19.5. The Kier molecular flexibility index (Phi) is 5.85. The molecule has 0 fully saturated rings. The minimum atomic E-state index is -0.931. The van der Waals surface area contributed by atoms with Gasteiger partial charge in [-0.05, 0) is 50.5 Å². The van der Waals surface area contributed by atoms with Gasteiger partial charge in [0.15, 0.2) is 0 Å². The van der Waals surface area contributed by atoms with Gasteiger partial charge in [-0.1, -0.05) is 26.0 Å². The highest BCUT2D eigenvalue weighted by molar-refractivity contribution is 5.95. The number of aliphatic carboxylic acids is 1. The summed E-state index contributed by atoms with van der Waals surface area (Å²) in [6.45, 7) is 10.1. The fourth-order valence-corrected chi connectivity index (χ4v) is 2.86. The summed E-state index contributed by atoms with van der Waals surface area (Å²) in [7, 11) is 0. The van der Waals surface area contributed by atoms with E-state index >= 15 is 0 Å². The van der Waals surface area contributed by atoms with E-state index < -0.39 is 11.5 Å². The van der Waals surface area contributed by atoms with Crippen LogP contribution in [-0.2, 0) is 11.3 Å². The van der Waals surface area contributed by atoms with E-state index in [-0.39, 0.29) is 18.2 Å². The number of hydrogen-bond donors (Lipinski definition) is 2. The lowest BCUT2D eigenvalue weighted by Gasteiger charge is -2.33. The van der Waals surface area contributed by atoms with E-state index in [1.165, 1.54) is 0 Å². The van der Waals surface area contributed by atoms with Gasteiger partial charge >= 0.3 is 5.97 Å². The third-order valence-electron chi connectivity index (χ3n) is 4.82. The van der Waals surface area contributed by atoms with E-state index in [0.717, 1.165) is 17.0 Å². The lowest BCUT2D eigenvalue weighted by Crippen LogP contribution is -2.51. The van der Waals surface area contributed by atoms with Gasteiger partial charge < -0.3 is 10.4 Å². The van der Waals surface area contributed by atoms with Gasteiger partial charge in [0, 0.05) is 11.3 Å². The molecule has 0 saturated heterocycles. The quantitative estimate of drug-likeness (QED) is 0.797. The number of aromatic nitrogens is 2. The van der Waals surface area contributed by atoms with Crippen molar-refractivity contribution in [2.24, 2.45) is 5.92 Å². The predicted octanol–water partition coefficient (Wildman–Crippen LogP) is 3.17. The van der Waals surface area contributed by atoms with Crippen molar-refractivity contribution in [3.8, 4) is 0 Å². The number of amides is 1. The summed E-state index contributed by atoms with van der Waals surface area (Å²) in [5, 5.41) is 16.5. The summed E-state index contributed by atoms with van der Waals surface area (Å²) in [5.74, 6) is -1.21. The fourth-order valence-electron chi connectivity index (χ4n) is 2.86. The maximum absolute atomic E-state index is 12.7. The van der Waals surface area contributed by atoms with E-state index in [1.807, 2.05) is 56.6 Å². The number of carbonyl (C=O) groups is 2. The molecule has 0 radical (unpaired) electrons. The predicted molar refractivity (Wildman–Crippen MR) is 100 cm³/mol. The molecule has 0 spiro atoms. The van der Waals surface area contributed by atoms with Gasteiger partial charge in [0.1, 0.15) is 0 Å². The molecule has 0 aliphatic rings. The van der Waals surface area contributed by atoms with Crippen LogP contribution in [0.1, 0.15) is 54.5 Å². The number of carboxylic acid groups (broad SMARTS) is 1. The van der Waals surface area contributed by atoms with Crippen molar-refractivity contribution in [1.82, 2.24) is 15.1 Å². The third-order valence-corrected chi connectivity index (χ3v) is 4.82. The van der Waals surface area contributed by atoms with Gasteiger partial charge in [0.25, 0.3) is 5.91 Å². The van der Waals surface area contributed by atoms with E-state index in [0.29, 0.717) is 12.1 Å². The molecular formula is C20H27N3O3. The Bertz CT molecular complexity index is 810. The number of aryl methyl sites for hydroxylation is 2. The van der Waals surface area contributed by atoms with Crippen molar-refractivity contribution in [3.63, 3.8) is 0 Å². The first-order chi connectivity index (χ1) is 12.1. The second-order valence-electron chi connectivity index (χ2n) is 7.38. The fraction of sp³-hybridized carbons (Fsp3) is 0.450. The summed E-state index contributed by atoms with van der Waals surface area (Å²) in [6, 6.07) is 9.36. The van der Waals surface area contributed by atoms with Crippen LogP contribution < -0.4 is 5.32 Å². The maximum Gasteiger partial charge on any atom is 0.305 e. The second kappa shape index (κ2) is 7.72. The van der Waals surface area contributed by atoms with E-state index in [1.54, 1.807) is 13.0 Å². The summed E-state index contributed by atoms with van der Waals surface area (Å²) >= 11 is 0. The molecule has 1 amide bonds. The molecule has 2 N–H and O–H groups in total. The van der Waals surface area contributed by atoms with Gasteiger partial charge in [-0.15, -0.1) is 0 Å². The summed E-state index contributed by atoms with van der Waals surface area (Å²) in [5.41, 5.74) is 2.69. The molecule has 1 atom stereocenters.